The Labute approximate surface area is 159 Å². The molecule has 152 valence electrons. The number of nitrogens with one attached hydrogen (secondary N) is 1. The monoisotopic (exact) mass is 414 g/mol. The Balaban J connectivity index is 1.69. The van der Waals surface area contributed by atoms with E-state index in [1.54, 1.807) is 0 Å². The third-order valence-corrected chi connectivity index (χ3v) is 3.80. The van der Waals surface area contributed by atoms with Gasteiger partial charge in [0, 0.05) is 23.9 Å². The molecule has 0 saturated heterocycles. The van der Waals surface area contributed by atoms with E-state index < -0.39 is 41.3 Å². The molecule has 0 bridgehead atoms. The lowest BCUT2D eigenvalue weighted by Gasteiger charge is -2.16. The van der Waals surface area contributed by atoms with Crippen LogP contribution < -0.4 is 10.1 Å². The highest BCUT2D eigenvalue weighted by atomic mass is 19.4. The number of phenolic OH excluding ortho intramolecular Hbond substituents is 1. The van der Waals surface area contributed by atoms with Gasteiger partial charge in [-0.05, 0) is 17.7 Å². The molecule has 1 aliphatic heterocycles. The average Bonchev–Trinajstić information content (AvgIpc) is 2.87. The summed E-state index contributed by atoms with van der Waals surface area (Å²) in [6.07, 6.45) is -3.94. The number of anilines is 1. The first-order chi connectivity index (χ1) is 13.5. The van der Waals surface area contributed by atoms with Crippen molar-refractivity contribution in [2.45, 2.75) is 12.9 Å². The van der Waals surface area contributed by atoms with Crippen LogP contribution in [0.25, 0.3) is 0 Å². The van der Waals surface area contributed by atoms with Gasteiger partial charge in [-0.15, -0.1) is 13.2 Å². The molecule has 0 radical (unpaired) electrons. The van der Waals surface area contributed by atoms with Crippen molar-refractivity contribution in [1.82, 2.24) is 4.90 Å². The van der Waals surface area contributed by atoms with Gasteiger partial charge in [0.2, 0.25) is 0 Å². The van der Waals surface area contributed by atoms with Gasteiger partial charge < -0.3 is 15.2 Å². The van der Waals surface area contributed by atoms with Crippen molar-refractivity contribution in [3.05, 3.63) is 65.4 Å². The van der Waals surface area contributed by atoms with Gasteiger partial charge in [0.15, 0.2) is 17.4 Å². The minimum atomic E-state index is -4.85. The predicted octanol–water partition coefficient (Wildman–Crippen LogP) is 3.43. The van der Waals surface area contributed by atoms with Crippen LogP contribution in [-0.2, 0) is 16.1 Å². The highest BCUT2D eigenvalue weighted by Crippen LogP contribution is 2.27. The molecule has 6 nitrogen and oxygen atoms in total. The first-order valence-corrected chi connectivity index (χ1v) is 7.91. The molecule has 0 aliphatic carbocycles. The number of hydrogen-bond acceptors (Lipinski definition) is 5. The fourth-order valence-electron chi connectivity index (χ4n) is 2.52. The highest BCUT2D eigenvalue weighted by Gasteiger charge is 2.32. The van der Waals surface area contributed by atoms with Crippen LogP contribution in [0.15, 0.2) is 48.2 Å². The number of alkyl halides is 3. The number of ether oxygens (including phenoxy) is 1. The molecule has 0 aromatic heterocycles. The predicted molar refractivity (Wildman–Crippen MR) is 88.4 cm³/mol. The molecular formula is C18H11F5N2O4. The van der Waals surface area contributed by atoms with E-state index in [-0.39, 0.29) is 17.9 Å². The summed E-state index contributed by atoms with van der Waals surface area (Å²) in [6.45, 7) is -0.246. The Bertz CT molecular complexity index is 979. The number of halogens is 5. The van der Waals surface area contributed by atoms with E-state index >= 15 is 0 Å². The van der Waals surface area contributed by atoms with E-state index in [2.05, 4.69) is 10.1 Å². The van der Waals surface area contributed by atoms with Crippen molar-refractivity contribution in [3.8, 4) is 11.5 Å². The minimum Gasteiger partial charge on any atom is -0.503 e. The van der Waals surface area contributed by atoms with E-state index in [0.717, 1.165) is 35.2 Å². The first-order valence-electron chi connectivity index (χ1n) is 7.91. The average molecular weight is 414 g/mol. The maximum absolute atomic E-state index is 13.4. The summed E-state index contributed by atoms with van der Waals surface area (Å²) in [5.41, 5.74) is -0.130. The summed E-state index contributed by atoms with van der Waals surface area (Å²) >= 11 is 0. The van der Waals surface area contributed by atoms with Crippen molar-refractivity contribution in [2.75, 3.05) is 5.32 Å². The van der Waals surface area contributed by atoms with Gasteiger partial charge in [-0.2, -0.15) is 0 Å². The molecule has 2 aromatic carbocycles. The number of hydrogen-bond donors (Lipinski definition) is 2. The molecule has 1 heterocycles. The summed E-state index contributed by atoms with van der Waals surface area (Å²) in [5, 5.41) is 11.5. The zero-order chi connectivity index (χ0) is 21.3. The van der Waals surface area contributed by atoms with Gasteiger partial charge >= 0.3 is 6.36 Å². The van der Waals surface area contributed by atoms with Gasteiger partial charge in [-0.1, -0.05) is 12.1 Å². The zero-order valence-corrected chi connectivity index (χ0v) is 14.3. The number of carbonyl (C=O) groups excluding carboxylic acids is 2. The fraction of sp³-hybridized carbons (Fsp3) is 0.111. The zero-order valence-electron chi connectivity index (χ0n) is 14.3. The van der Waals surface area contributed by atoms with Crippen LogP contribution in [0.3, 0.4) is 0 Å². The van der Waals surface area contributed by atoms with E-state index in [0.29, 0.717) is 5.56 Å². The van der Waals surface area contributed by atoms with E-state index in [1.807, 2.05) is 0 Å². The van der Waals surface area contributed by atoms with Crippen LogP contribution in [0.1, 0.15) is 5.56 Å². The second-order valence-electron chi connectivity index (χ2n) is 5.89. The van der Waals surface area contributed by atoms with Crippen LogP contribution in [0.5, 0.6) is 11.5 Å². The molecule has 29 heavy (non-hydrogen) atoms. The van der Waals surface area contributed by atoms with Gasteiger partial charge in [0.05, 0.1) is 6.54 Å². The SMILES string of the molecule is O=C1C=C(Nc2cc(F)c(O)c(F)c2)C(=O)N1Cc1ccc(OC(F)(F)F)cc1. The normalized spacial score (nSPS) is 14.2. The number of carbonyl (C=O) groups is 2. The molecular weight excluding hydrogens is 403 g/mol. The van der Waals surface area contributed by atoms with E-state index in [9.17, 15) is 31.5 Å². The Morgan fingerprint density at radius 1 is 1.03 bits per heavy atom. The van der Waals surface area contributed by atoms with Gasteiger partial charge in [0.25, 0.3) is 11.8 Å². The lowest BCUT2D eigenvalue weighted by molar-refractivity contribution is -0.274. The fourth-order valence-corrected chi connectivity index (χ4v) is 2.52. The second-order valence-corrected chi connectivity index (χ2v) is 5.89. The van der Waals surface area contributed by atoms with Crippen molar-refractivity contribution >= 4 is 17.5 Å². The van der Waals surface area contributed by atoms with Crippen LogP contribution in [0.2, 0.25) is 0 Å². The van der Waals surface area contributed by atoms with Crippen LogP contribution >= 0.6 is 0 Å². The Kier molecular flexibility index (Phi) is 5.14. The number of aromatic hydroxyl groups is 1. The maximum atomic E-state index is 13.4. The molecule has 2 N–H and O–H groups in total. The third kappa shape index (κ3) is 4.62. The van der Waals surface area contributed by atoms with Crippen LogP contribution in [0.4, 0.5) is 27.6 Å². The van der Waals surface area contributed by atoms with Crippen molar-refractivity contribution in [1.29, 1.82) is 0 Å². The molecule has 0 spiro atoms. The topological polar surface area (TPSA) is 78.9 Å². The highest BCUT2D eigenvalue weighted by molar-refractivity contribution is 6.17. The molecule has 2 aromatic rings. The Hall–Kier alpha value is -3.63. The van der Waals surface area contributed by atoms with E-state index in [4.69, 9.17) is 5.11 Å². The number of amides is 2. The number of rotatable bonds is 5. The Morgan fingerprint density at radius 2 is 1.62 bits per heavy atom. The maximum Gasteiger partial charge on any atom is 0.573 e. The summed E-state index contributed by atoms with van der Waals surface area (Å²) in [6, 6.07) is 6.03. The second kappa shape index (κ2) is 7.41. The molecule has 0 atom stereocenters. The molecule has 3 rings (SSSR count). The lowest BCUT2D eigenvalue weighted by atomic mass is 10.2. The number of nitrogens with zero attached hydrogens (tertiary/aromatic N) is 1. The smallest absolute Gasteiger partial charge is 0.503 e. The van der Waals surface area contributed by atoms with Crippen LogP contribution in [0, 0.1) is 11.6 Å². The molecule has 0 unspecified atom stereocenters. The summed E-state index contributed by atoms with van der Waals surface area (Å²) < 4.78 is 67.0. The molecule has 2 amide bonds. The first kappa shape index (κ1) is 20.1. The van der Waals surface area contributed by atoms with Crippen LogP contribution in [-0.4, -0.2) is 28.2 Å². The van der Waals surface area contributed by atoms with Crippen molar-refractivity contribution in [2.24, 2.45) is 0 Å². The standard InChI is InChI=1S/C18H11F5N2O4/c19-12-5-10(6-13(20)16(12)27)24-14-7-15(26)25(17(14)28)8-9-1-3-11(4-2-9)29-18(21,22)23/h1-7,24,27H,8H2. The summed E-state index contributed by atoms with van der Waals surface area (Å²) in [5.74, 6) is -5.70. The van der Waals surface area contributed by atoms with E-state index in [1.165, 1.54) is 12.1 Å². The number of phenols is 1. The van der Waals surface area contributed by atoms with Gasteiger partial charge in [-0.25, -0.2) is 8.78 Å². The molecule has 0 saturated carbocycles. The van der Waals surface area contributed by atoms with Crippen molar-refractivity contribution < 1.29 is 41.4 Å². The lowest BCUT2D eigenvalue weighted by Crippen LogP contribution is -2.31. The minimum absolute atomic E-state index is 0.208. The third-order valence-electron chi connectivity index (χ3n) is 3.80. The molecule has 11 heteroatoms. The molecule has 0 fully saturated rings. The largest absolute Gasteiger partial charge is 0.573 e. The number of imide groups is 1. The summed E-state index contributed by atoms with van der Waals surface area (Å²) in [7, 11) is 0. The van der Waals surface area contributed by atoms with Crippen molar-refractivity contribution in [3.63, 3.8) is 0 Å². The summed E-state index contributed by atoms with van der Waals surface area (Å²) in [4.78, 5) is 25.2. The quantitative estimate of drug-likeness (QED) is 0.445. The Morgan fingerprint density at radius 3 is 2.17 bits per heavy atom. The number of benzene rings is 2. The van der Waals surface area contributed by atoms with Gasteiger partial charge in [-0.3, -0.25) is 14.5 Å². The van der Waals surface area contributed by atoms with Gasteiger partial charge in [0.1, 0.15) is 11.4 Å². The molecule has 1 aliphatic rings.